The molecule has 0 saturated carbocycles. The van der Waals surface area contributed by atoms with Crippen molar-refractivity contribution in [3.63, 3.8) is 0 Å². The number of halogens is 2. The molecular weight excluding hydrogens is 234 g/mol. The quantitative estimate of drug-likeness (QED) is 0.748. The maximum Gasteiger partial charge on any atom is 0.234 e. The third-order valence-electron chi connectivity index (χ3n) is 3.05. The van der Waals surface area contributed by atoms with Gasteiger partial charge in [0.1, 0.15) is 24.4 Å². The van der Waals surface area contributed by atoms with Crippen LogP contribution in [0.4, 0.5) is 8.78 Å². The molecule has 18 heavy (non-hydrogen) atoms. The fraction of sp³-hybridized carbons (Fsp3) is 0.286. The van der Waals surface area contributed by atoms with Crippen LogP contribution in [0.2, 0.25) is 0 Å². The number of aromatic nitrogens is 2. The maximum atomic E-state index is 13.6. The molecule has 94 valence electrons. The first kappa shape index (κ1) is 12.6. The highest BCUT2D eigenvalue weighted by Gasteiger charge is 2.20. The molecule has 0 atom stereocenters. The van der Waals surface area contributed by atoms with Gasteiger partial charge in [0.15, 0.2) is 6.20 Å². The predicted octanol–water partition coefficient (Wildman–Crippen LogP) is 2.72. The molecule has 0 unspecified atom stereocenters. The van der Waals surface area contributed by atoms with Gasteiger partial charge in [0.2, 0.25) is 5.69 Å². The lowest BCUT2D eigenvalue weighted by molar-refractivity contribution is -0.661. The first-order valence-corrected chi connectivity index (χ1v) is 5.84. The third kappa shape index (κ3) is 2.10. The summed E-state index contributed by atoms with van der Waals surface area (Å²) in [5.41, 5.74) is 2.58. The summed E-state index contributed by atoms with van der Waals surface area (Å²) in [5, 5.41) is 0. The van der Waals surface area contributed by atoms with Crippen LogP contribution < -0.4 is 4.57 Å². The Morgan fingerprint density at radius 2 is 2.00 bits per heavy atom. The first-order chi connectivity index (χ1) is 8.54. The molecule has 0 radical (unpaired) electrons. The van der Waals surface area contributed by atoms with Gasteiger partial charge in [-0.1, -0.05) is 6.92 Å². The van der Waals surface area contributed by atoms with E-state index in [2.05, 4.69) is 4.98 Å². The standard InChI is InChI=1S/C14H15F2N2/c1-4-13-14(18(3)6-5-17-13)11-7-10(15)8-12(16)9(11)2/h5-8H,4H2,1-3H3/q+1. The summed E-state index contributed by atoms with van der Waals surface area (Å²) in [6.07, 6.45) is 4.17. The van der Waals surface area contributed by atoms with Gasteiger partial charge in [0, 0.05) is 6.07 Å². The molecule has 0 amide bonds. The Balaban J connectivity index is 2.76. The minimum Gasteiger partial charge on any atom is -0.248 e. The smallest absolute Gasteiger partial charge is 0.234 e. The molecule has 0 fully saturated rings. The van der Waals surface area contributed by atoms with Gasteiger partial charge in [-0.25, -0.2) is 13.8 Å². The number of hydrogen-bond acceptors (Lipinski definition) is 1. The van der Waals surface area contributed by atoms with E-state index in [1.807, 2.05) is 18.5 Å². The third-order valence-corrected chi connectivity index (χ3v) is 3.05. The van der Waals surface area contributed by atoms with Gasteiger partial charge in [-0.05, 0) is 25.0 Å². The van der Waals surface area contributed by atoms with E-state index in [9.17, 15) is 8.78 Å². The second-order valence-electron chi connectivity index (χ2n) is 4.25. The van der Waals surface area contributed by atoms with Crippen LogP contribution in [0.25, 0.3) is 11.3 Å². The first-order valence-electron chi connectivity index (χ1n) is 5.84. The minimum absolute atomic E-state index is 0.440. The number of benzene rings is 1. The van der Waals surface area contributed by atoms with Gasteiger partial charge in [-0.3, -0.25) is 0 Å². The van der Waals surface area contributed by atoms with Crippen molar-refractivity contribution in [1.29, 1.82) is 0 Å². The van der Waals surface area contributed by atoms with E-state index < -0.39 is 11.6 Å². The van der Waals surface area contributed by atoms with Gasteiger partial charge in [-0.2, -0.15) is 4.57 Å². The summed E-state index contributed by atoms with van der Waals surface area (Å²) in [4.78, 5) is 4.27. The number of hydrogen-bond donors (Lipinski definition) is 0. The number of nitrogens with zero attached hydrogens (tertiary/aromatic N) is 2. The topological polar surface area (TPSA) is 16.8 Å². The van der Waals surface area contributed by atoms with Crippen LogP contribution in [0.15, 0.2) is 24.5 Å². The van der Waals surface area contributed by atoms with Crippen molar-refractivity contribution >= 4 is 0 Å². The van der Waals surface area contributed by atoms with Gasteiger partial charge < -0.3 is 0 Å². The molecule has 0 spiro atoms. The molecule has 0 aliphatic carbocycles. The lowest BCUT2D eigenvalue weighted by Crippen LogP contribution is -2.32. The Morgan fingerprint density at radius 1 is 1.28 bits per heavy atom. The summed E-state index contributed by atoms with van der Waals surface area (Å²) in [6, 6.07) is 2.26. The summed E-state index contributed by atoms with van der Waals surface area (Å²) >= 11 is 0. The zero-order chi connectivity index (χ0) is 13.3. The lowest BCUT2D eigenvalue weighted by atomic mass is 10.0. The van der Waals surface area contributed by atoms with Gasteiger partial charge >= 0.3 is 0 Å². The fourth-order valence-corrected chi connectivity index (χ4v) is 2.06. The van der Waals surface area contributed by atoms with Crippen molar-refractivity contribution in [2.75, 3.05) is 0 Å². The molecule has 0 bridgehead atoms. The van der Waals surface area contributed by atoms with Crippen LogP contribution >= 0.6 is 0 Å². The van der Waals surface area contributed by atoms with E-state index in [-0.39, 0.29) is 0 Å². The van der Waals surface area contributed by atoms with Crippen molar-refractivity contribution in [3.05, 3.63) is 47.4 Å². The van der Waals surface area contributed by atoms with Crippen molar-refractivity contribution in [3.8, 4) is 11.3 Å². The normalized spacial score (nSPS) is 10.7. The highest BCUT2D eigenvalue weighted by Crippen LogP contribution is 2.25. The molecule has 2 aromatic rings. The van der Waals surface area contributed by atoms with Gasteiger partial charge in [0.25, 0.3) is 0 Å². The van der Waals surface area contributed by atoms with E-state index in [4.69, 9.17) is 0 Å². The highest BCUT2D eigenvalue weighted by molar-refractivity contribution is 5.63. The molecule has 0 aliphatic rings. The maximum absolute atomic E-state index is 13.6. The molecule has 1 aromatic carbocycles. The molecule has 0 N–H and O–H groups in total. The van der Waals surface area contributed by atoms with Crippen molar-refractivity contribution in [1.82, 2.24) is 4.98 Å². The molecule has 4 heteroatoms. The van der Waals surface area contributed by atoms with Crippen LogP contribution in [-0.4, -0.2) is 4.98 Å². The zero-order valence-corrected chi connectivity index (χ0v) is 10.7. The molecular formula is C14H15F2N2+. The fourth-order valence-electron chi connectivity index (χ4n) is 2.06. The van der Waals surface area contributed by atoms with E-state index in [1.54, 1.807) is 19.3 Å². The SMILES string of the molecule is CCc1ncc[n+](C)c1-c1cc(F)cc(F)c1C. The van der Waals surface area contributed by atoms with Crippen LogP contribution in [0.3, 0.4) is 0 Å². The average molecular weight is 249 g/mol. The Morgan fingerprint density at radius 3 is 2.67 bits per heavy atom. The van der Waals surface area contributed by atoms with Crippen LogP contribution in [-0.2, 0) is 13.5 Å². The van der Waals surface area contributed by atoms with E-state index in [1.165, 1.54) is 6.07 Å². The van der Waals surface area contributed by atoms with E-state index in [0.29, 0.717) is 17.5 Å². The Kier molecular flexibility index (Phi) is 3.36. The largest absolute Gasteiger partial charge is 0.248 e. The van der Waals surface area contributed by atoms with Crippen LogP contribution in [0, 0.1) is 18.6 Å². The Bertz CT molecular complexity index is 595. The molecule has 1 aromatic heterocycles. The van der Waals surface area contributed by atoms with Crippen molar-refractivity contribution in [2.45, 2.75) is 20.3 Å². The second kappa shape index (κ2) is 4.80. The average Bonchev–Trinajstić information content (AvgIpc) is 2.33. The summed E-state index contributed by atoms with van der Waals surface area (Å²) < 4.78 is 28.9. The van der Waals surface area contributed by atoms with Gasteiger partial charge in [-0.15, -0.1) is 0 Å². The monoisotopic (exact) mass is 249 g/mol. The van der Waals surface area contributed by atoms with Crippen molar-refractivity contribution in [2.24, 2.45) is 7.05 Å². The summed E-state index contributed by atoms with van der Waals surface area (Å²) in [6.45, 7) is 3.62. The Labute approximate surface area is 105 Å². The van der Waals surface area contributed by atoms with Crippen molar-refractivity contribution < 1.29 is 13.3 Å². The Hall–Kier alpha value is -1.84. The molecule has 2 nitrogen and oxygen atoms in total. The van der Waals surface area contributed by atoms with E-state index in [0.717, 1.165) is 17.5 Å². The summed E-state index contributed by atoms with van der Waals surface area (Å²) in [7, 11) is 1.85. The second-order valence-corrected chi connectivity index (χ2v) is 4.25. The molecule has 2 rings (SSSR count). The lowest BCUT2D eigenvalue weighted by Gasteiger charge is -2.08. The summed E-state index contributed by atoms with van der Waals surface area (Å²) in [5.74, 6) is -1.10. The highest BCUT2D eigenvalue weighted by atomic mass is 19.1. The van der Waals surface area contributed by atoms with Gasteiger partial charge in [0.05, 0.1) is 11.8 Å². The molecule has 1 heterocycles. The number of aryl methyl sites for hydroxylation is 2. The predicted molar refractivity (Wildman–Crippen MR) is 64.9 cm³/mol. The minimum atomic E-state index is -0.570. The number of rotatable bonds is 2. The molecule has 0 aliphatic heterocycles. The van der Waals surface area contributed by atoms with Crippen LogP contribution in [0.1, 0.15) is 18.2 Å². The van der Waals surface area contributed by atoms with E-state index >= 15 is 0 Å². The molecule has 0 saturated heterocycles. The van der Waals surface area contributed by atoms with Crippen LogP contribution in [0.5, 0.6) is 0 Å². The zero-order valence-electron chi connectivity index (χ0n) is 10.7.